The molecule has 0 aromatic heterocycles. The molecule has 0 aliphatic heterocycles. The number of rotatable bonds is 6. The molecule has 0 heterocycles. The van der Waals surface area contributed by atoms with Gasteiger partial charge >= 0.3 is 0 Å². The molecule has 0 nitrogen and oxygen atoms in total. The fourth-order valence-corrected chi connectivity index (χ4v) is 3.61. The van der Waals surface area contributed by atoms with Gasteiger partial charge in [-0.05, 0) is 46.9 Å². The largest absolute Gasteiger partial charge is 0.0642 e. The first kappa shape index (κ1) is 17.8. The molecule has 0 aliphatic carbocycles. The van der Waals surface area contributed by atoms with Crippen LogP contribution in [0.3, 0.4) is 0 Å². The van der Waals surface area contributed by atoms with Crippen LogP contribution in [0.25, 0.3) is 0 Å². The van der Waals surface area contributed by atoms with Crippen molar-refractivity contribution in [1.82, 2.24) is 0 Å². The maximum Gasteiger partial charge on any atom is 0.0197 e. The summed E-state index contributed by atoms with van der Waals surface area (Å²) in [6, 6.07) is 18.4. The van der Waals surface area contributed by atoms with E-state index in [1.807, 2.05) is 0 Å². The lowest BCUT2D eigenvalue weighted by molar-refractivity contribution is 0.477. The van der Waals surface area contributed by atoms with Crippen LogP contribution in [-0.4, -0.2) is 0 Å². The maximum absolute atomic E-state index is 2.45. The molecule has 0 N–H and O–H groups in total. The molecule has 0 saturated heterocycles. The van der Waals surface area contributed by atoms with Gasteiger partial charge in [0.2, 0.25) is 0 Å². The molecule has 0 aliphatic rings. The van der Waals surface area contributed by atoms with E-state index in [4.69, 9.17) is 0 Å². The van der Waals surface area contributed by atoms with Gasteiger partial charge in [-0.15, -0.1) is 0 Å². The summed E-state index contributed by atoms with van der Waals surface area (Å²) in [7, 11) is 0. The van der Waals surface area contributed by atoms with Gasteiger partial charge in [-0.25, -0.2) is 0 Å². The van der Waals surface area contributed by atoms with E-state index in [9.17, 15) is 0 Å². The Kier molecular flexibility index (Phi) is 5.68. The van der Waals surface area contributed by atoms with Crippen molar-refractivity contribution in [2.45, 2.75) is 71.6 Å². The van der Waals surface area contributed by atoms with Gasteiger partial charge in [-0.3, -0.25) is 0 Å². The Labute approximate surface area is 143 Å². The van der Waals surface area contributed by atoms with E-state index in [1.165, 1.54) is 22.3 Å². The molecule has 0 spiro atoms. The Bertz CT molecular complexity index is 589. The van der Waals surface area contributed by atoms with Gasteiger partial charge in [0, 0.05) is 5.41 Å². The first-order chi connectivity index (χ1) is 10.9. The molecular formula is C23H32. The standard InChI is InChI=1S/C23H32/c1-7-23(8-2,21-12-10-9-11-13-21)22-15-19(17(3)4)14-20(16-22)18(5)6/h9-18H,7-8H2,1-6H3. The van der Waals surface area contributed by atoms with Crippen LogP contribution in [0.1, 0.15) is 88.5 Å². The highest BCUT2D eigenvalue weighted by molar-refractivity contribution is 5.44. The third-order valence-corrected chi connectivity index (χ3v) is 5.40. The van der Waals surface area contributed by atoms with E-state index in [0.717, 1.165) is 12.8 Å². The first-order valence-electron chi connectivity index (χ1n) is 9.15. The Morgan fingerprint density at radius 1 is 0.696 bits per heavy atom. The van der Waals surface area contributed by atoms with Gasteiger partial charge in [-0.2, -0.15) is 0 Å². The van der Waals surface area contributed by atoms with E-state index < -0.39 is 0 Å². The zero-order chi connectivity index (χ0) is 17.0. The van der Waals surface area contributed by atoms with E-state index in [-0.39, 0.29) is 5.41 Å². The molecular weight excluding hydrogens is 276 g/mol. The molecule has 0 bridgehead atoms. The van der Waals surface area contributed by atoms with Crippen molar-refractivity contribution < 1.29 is 0 Å². The summed E-state index contributed by atoms with van der Waals surface area (Å²) >= 11 is 0. The molecule has 0 amide bonds. The summed E-state index contributed by atoms with van der Waals surface area (Å²) in [5, 5.41) is 0. The summed E-state index contributed by atoms with van der Waals surface area (Å²) in [5.41, 5.74) is 5.99. The highest BCUT2D eigenvalue weighted by Gasteiger charge is 2.31. The Balaban J connectivity index is 2.68. The molecule has 2 aromatic carbocycles. The SMILES string of the molecule is CCC(CC)(c1ccccc1)c1cc(C(C)C)cc(C(C)C)c1. The van der Waals surface area contributed by atoms with Crippen molar-refractivity contribution in [3.8, 4) is 0 Å². The Morgan fingerprint density at radius 3 is 1.57 bits per heavy atom. The maximum atomic E-state index is 2.45. The lowest BCUT2D eigenvalue weighted by atomic mass is 9.69. The van der Waals surface area contributed by atoms with Crippen LogP contribution in [0.4, 0.5) is 0 Å². The second-order valence-corrected chi connectivity index (χ2v) is 7.35. The molecule has 2 rings (SSSR count). The van der Waals surface area contributed by atoms with Crippen LogP contribution in [-0.2, 0) is 5.41 Å². The monoisotopic (exact) mass is 308 g/mol. The van der Waals surface area contributed by atoms with E-state index >= 15 is 0 Å². The van der Waals surface area contributed by atoms with Gasteiger partial charge in [-0.1, -0.05) is 90.1 Å². The van der Waals surface area contributed by atoms with Crippen molar-refractivity contribution in [3.63, 3.8) is 0 Å². The van der Waals surface area contributed by atoms with E-state index in [2.05, 4.69) is 90.1 Å². The minimum absolute atomic E-state index is 0.121. The molecule has 0 saturated carbocycles. The molecule has 2 aromatic rings. The Morgan fingerprint density at radius 2 is 1.17 bits per heavy atom. The lowest BCUT2D eigenvalue weighted by Gasteiger charge is -2.34. The summed E-state index contributed by atoms with van der Waals surface area (Å²) in [4.78, 5) is 0. The van der Waals surface area contributed by atoms with Crippen molar-refractivity contribution in [3.05, 3.63) is 70.8 Å². The summed E-state index contributed by atoms with van der Waals surface area (Å²) in [5.74, 6) is 1.13. The summed E-state index contributed by atoms with van der Waals surface area (Å²) < 4.78 is 0. The first-order valence-corrected chi connectivity index (χ1v) is 9.15. The topological polar surface area (TPSA) is 0 Å². The minimum atomic E-state index is 0.121. The van der Waals surface area contributed by atoms with Crippen LogP contribution >= 0.6 is 0 Å². The molecule has 0 unspecified atom stereocenters. The normalized spacial score (nSPS) is 12.2. The van der Waals surface area contributed by atoms with E-state index in [0.29, 0.717) is 11.8 Å². The van der Waals surface area contributed by atoms with Crippen molar-refractivity contribution in [2.24, 2.45) is 0 Å². The highest BCUT2D eigenvalue weighted by Crippen LogP contribution is 2.40. The number of hydrogen-bond acceptors (Lipinski definition) is 0. The predicted octanol–water partition coefficient (Wildman–Crippen LogP) is 7.04. The van der Waals surface area contributed by atoms with Crippen LogP contribution < -0.4 is 0 Å². The lowest BCUT2D eigenvalue weighted by Crippen LogP contribution is -2.26. The van der Waals surface area contributed by atoms with Crippen LogP contribution in [0.5, 0.6) is 0 Å². The van der Waals surface area contributed by atoms with Crippen molar-refractivity contribution >= 4 is 0 Å². The van der Waals surface area contributed by atoms with Crippen LogP contribution in [0.15, 0.2) is 48.5 Å². The minimum Gasteiger partial charge on any atom is -0.0642 e. The zero-order valence-corrected chi connectivity index (χ0v) is 15.7. The molecule has 0 fully saturated rings. The zero-order valence-electron chi connectivity index (χ0n) is 15.7. The van der Waals surface area contributed by atoms with Crippen LogP contribution in [0.2, 0.25) is 0 Å². The highest BCUT2D eigenvalue weighted by atomic mass is 14.3. The summed E-state index contributed by atoms with van der Waals surface area (Å²) in [6.45, 7) is 13.8. The van der Waals surface area contributed by atoms with E-state index in [1.54, 1.807) is 0 Å². The van der Waals surface area contributed by atoms with Gasteiger partial charge in [0.05, 0.1) is 0 Å². The van der Waals surface area contributed by atoms with Gasteiger partial charge in [0.1, 0.15) is 0 Å². The smallest absolute Gasteiger partial charge is 0.0197 e. The third-order valence-electron chi connectivity index (χ3n) is 5.40. The average molecular weight is 309 g/mol. The Hall–Kier alpha value is -1.56. The van der Waals surface area contributed by atoms with Crippen molar-refractivity contribution in [1.29, 1.82) is 0 Å². The molecule has 124 valence electrons. The number of hydrogen-bond donors (Lipinski definition) is 0. The second kappa shape index (κ2) is 7.34. The molecule has 0 atom stereocenters. The van der Waals surface area contributed by atoms with Gasteiger partial charge in [0.25, 0.3) is 0 Å². The summed E-state index contributed by atoms with van der Waals surface area (Å²) in [6.07, 6.45) is 2.26. The number of benzene rings is 2. The van der Waals surface area contributed by atoms with Crippen LogP contribution in [0, 0.1) is 0 Å². The quantitative estimate of drug-likeness (QED) is 0.537. The fraction of sp³-hybridized carbons (Fsp3) is 0.478. The molecule has 0 heteroatoms. The van der Waals surface area contributed by atoms with Gasteiger partial charge in [0.15, 0.2) is 0 Å². The fourth-order valence-electron chi connectivity index (χ4n) is 3.61. The molecule has 23 heavy (non-hydrogen) atoms. The predicted molar refractivity (Wildman–Crippen MR) is 102 cm³/mol. The molecule has 0 radical (unpaired) electrons. The van der Waals surface area contributed by atoms with Crippen molar-refractivity contribution in [2.75, 3.05) is 0 Å². The second-order valence-electron chi connectivity index (χ2n) is 7.35. The average Bonchev–Trinajstić information content (AvgIpc) is 2.57. The van der Waals surface area contributed by atoms with Gasteiger partial charge < -0.3 is 0 Å². The third kappa shape index (κ3) is 3.52.